The van der Waals surface area contributed by atoms with Gasteiger partial charge in [0.05, 0.1) is 0 Å². The summed E-state index contributed by atoms with van der Waals surface area (Å²) in [4.78, 5) is 5.11. The highest BCUT2D eigenvalue weighted by molar-refractivity contribution is 9.09. The van der Waals surface area contributed by atoms with Crippen molar-refractivity contribution in [2.24, 2.45) is 18.9 Å². The fourth-order valence-corrected chi connectivity index (χ4v) is 3.25. The summed E-state index contributed by atoms with van der Waals surface area (Å²) < 4.78 is 2.13. The van der Waals surface area contributed by atoms with E-state index in [0.717, 1.165) is 23.1 Å². The maximum atomic E-state index is 4.37. The molecule has 0 N–H and O–H groups in total. The Morgan fingerprint density at radius 3 is 2.87 bits per heavy atom. The van der Waals surface area contributed by atoms with Gasteiger partial charge >= 0.3 is 0 Å². The van der Waals surface area contributed by atoms with Crippen LogP contribution >= 0.6 is 15.9 Å². The summed E-state index contributed by atoms with van der Waals surface area (Å²) in [5.74, 6) is 2.93. The van der Waals surface area contributed by atoms with Crippen molar-refractivity contribution in [1.29, 1.82) is 0 Å². The lowest BCUT2D eigenvalue weighted by atomic mass is 9.93. The number of imidazole rings is 1. The molecule has 0 aromatic carbocycles. The Morgan fingerprint density at radius 1 is 1.53 bits per heavy atom. The Bertz CT molecular complexity index is 321. The first-order chi connectivity index (χ1) is 7.18. The lowest BCUT2D eigenvalue weighted by Gasteiger charge is -2.16. The van der Waals surface area contributed by atoms with Gasteiger partial charge in [0.25, 0.3) is 0 Å². The number of hydrogen-bond donors (Lipinski definition) is 0. The summed E-state index contributed by atoms with van der Waals surface area (Å²) in [6, 6.07) is 0. The van der Waals surface area contributed by atoms with Gasteiger partial charge in [0.15, 0.2) is 0 Å². The average Bonchev–Trinajstić information content (AvgIpc) is 2.74. The van der Waals surface area contributed by atoms with Crippen LogP contribution in [-0.4, -0.2) is 14.4 Å². The third kappa shape index (κ3) is 2.44. The van der Waals surface area contributed by atoms with Gasteiger partial charge in [-0.3, -0.25) is 0 Å². The van der Waals surface area contributed by atoms with Crippen molar-refractivity contribution in [3.05, 3.63) is 18.2 Å². The van der Waals surface area contributed by atoms with E-state index in [1.807, 2.05) is 12.4 Å². The zero-order valence-corrected chi connectivity index (χ0v) is 11.1. The average molecular weight is 271 g/mol. The van der Waals surface area contributed by atoms with Crippen molar-refractivity contribution in [2.75, 3.05) is 0 Å². The molecule has 0 spiro atoms. The van der Waals surface area contributed by atoms with Gasteiger partial charge in [-0.25, -0.2) is 4.98 Å². The minimum atomic E-state index is 0.740. The first kappa shape index (κ1) is 11.2. The Labute approximate surface area is 100 Å². The molecule has 84 valence electrons. The van der Waals surface area contributed by atoms with Gasteiger partial charge in [-0.15, -0.1) is 0 Å². The van der Waals surface area contributed by atoms with Crippen molar-refractivity contribution in [3.8, 4) is 0 Å². The SMILES string of the molecule is CC1C(Br)CCC1CCc1nccn1C. The van der Waals surface area contributed by atoms with Crippen molar-refractivity contribution < 1.29 is 0 Å². The van der Waals surface area contributed by atoms with Crippen molar-refractivity contribution in [2.45, 2.75) is 37.4 Å². The molecule has 3 unspecified atom stereocenters. The normalized spacial score (nSPS) is 31.0. The maximum Gasteiger partial charge on any atom is 0.108 e. The Hall–Kier alpha value is -0.310. The quantitative estimate of drug-likeness (QED) is 0.772. The minimum absolute atomic E-state index is 0.740. The molecular formula is C12H19BrN2. The van der Waals surface area contributed by atoms with Crippen LogP contribution in [0.3, 0.4) is 0 Å². The van der Waals surface area contributed by atoms with E-state index in [4.69, 9.17) is 0 Å². The molecule has 3 atom stereocenters. The molecule has 1 aromatic heterocycles. The number of rotatable bonds is 3. The summed E-state index contributed by atoms with van der Waals surface area (Å²) in [5.41, 5.74) is 0. The van der Waals surface area contributed by atoms with Gasteiger partial charge in [-0.1, -0.05) is 22.9 Å². The maximum absolute atomic E-state index is 4.37. The molecule has 0 amide bonds. The molecule has 0 aliphatic heterocycles. The largest absolute Gasteiger partial charge is 0.338 e. The monoisotopic (exact) mass is 270 g/mol. The molecule has 1 aliphatic carbocycles. The lowest BCUT2D eigenvalue weighted by Crippen LogP contribution is -2.12. The Balaban J connectivity index is 1.86. The Morgan fingerprint density at radius 2 is 2.33 bits per heavy atom. The molecular weight excluding hydrogens is 252 g/mol. The molecule has 3 heteroatoms. The van der Waals surface area contributed by atoms with Crippen LogP contribution in [0.15, 0.2) is 12.4 Å². The topological polar surface area (TPSA) is 17.8 Å². The van der Waals surface area contributed by atoms with E-state index in [1.54, 1.807) is 0 Å². The number of aromatic nitrogens is 2. The molecule has 0 bridgehead atoms. The molecule has 1 heterocycles. The molecule has 2 rings (SSSR count). The van der Waals surface area contributed by atoms with Gasteiger partial charge in [-0.2, -0.15) is 0 Å². The number of nitrogens with zero attached hydrogens (tertiary/aromatic N) is 2. The van der Waals surface area contributed by atoms with Crippen molar-refractivity contribution in [3.63, 3.8) is 0 Å². The van der Waals surface area contributed by atoms with Crippen LogP contribution in [-0.2, 0) is 13.5 Å². The Kier molecular flexibility index (Phi) is 3.49. The lowest BCUT2D eigenvalue weighted by molar-refractivity contribution is 0.393. The van der Waals surface area contributed by atoms with Crippen LogP contribution in [0.4, 0.5) is 0 Å². The van der Waals surface area contributed by atoms with E-state index in [9.17, 15) is 0 Å². The van der Waals surface area contributed by atoms with Gasteiger partial charge < -0.3 is 4.57 Å². The summed E-state index contributed by atoms with van der Waals surface area (Å²) in [6.45, 7) is 2.37. The second kappa shape index (κ2) is 4.69. The molecule has 2 nitrogen and oxygen atoms in total. The molecule has 0 saturated heterocycles. The molecule has 0 radical (unpaired) electrons. The zero-order chi connectivity index (χ0) is 10.8. The third-order valence-corrected chi connectivity index (χ3v) is 5.08. The molecule has 15 heavy (non-hydrogen) atoms. The smallest absolute Gasteiger partial charge is 0.108 e. The van der Waals surface area contributed by atoms with Gasteiger partial charge in [0.1, 0.15) is 5.82 Å². The standard InChI is InChI=1S/C12H19BrN2/c1-9-10(3-5-11(9)13)4-6-12-14-7-8-15(12)2/h7-11H,3-6H2,1-2H3. The van der Waals surface area contributed by atoms with Crippen LogP contribution < -0.4 is 0 Å². The fraction of sp³-hybridized carbons (Fsp3) is 0.750. The van der Waals surface area contributed by atoms with Crippen molar-refractivity contribution >= 4 is 15.9 Å². The summed E-state index contributed by atoms with van der Waals surface area (Å²) >= 11 is 3.76. The van der Waals surface area contributed by atoms with Gasteiger partial charge in [0, 0.05) is 30.7 Å². The molecule has 1 aliphatic rings. The van der Waals surface area contributed by atoms with E-state index in [1.165, 1.54) is 25.1 Å². The van der Waals surface area contributed by atoms with Gasteiger partial charge in [-0.05, 0) is 31.1 Å². The number of hydrogen-bond acceptors (Lipinski definition) is 1. The molecule has 1 saturated carbocycles. The van der Waals surface area contributed by atoms with E-state index in [-0.39, 0.29) is 0 Å². The fourth-order valence-electron chi connectivity index (χ4n) is 2.55. The van der Waals surface area contributed by atoms with E-state index >= 15 is 0 Å². The number of alkyl halides is 1. The van der Waals surface area contributed by atoms with E-state index in [0.29, 0.717) is 0 Å². The van der Waals surface area contributed by atoms with Crippen LogP contribution in [0.25, 0.3) is 0 Å². The predicted octanol–water partition coefficient (Wildman–Crippen LogP) is 3.16. The predicted molar refractivity (Wildman–Crippen MR) is 66.1 cm³/mol. The summed E-state index contributed by atoms with van der Waals surface area (Å²) in [7, 11) is 2.08. The summed E-state index contributed by atoms with van der Waals surface area (Å²) in [5, 5.41) is 0. The van der Waals surface area contributed by atoms with Crippen LogP contribution in [0, 0.1) is 11.8 Å². The first-order valence-corrected chi connectivity index (χ1v) is 6.70. The highest BCUT2D eigenvalue weighted by Gasteiger charge is 2.30. The molecule has 1 aromatic rings. The first-order valence-electron chi connectivity index (χ1n) is 5.78. The highest BCUT2D eigenvalue weighted by atomic mass is 79.9. The molecule has 1 fully saturated rings. The zero-order valence-electron chi connectivity index (χ0n) is 9.49. The highest BCUT2D eigenvalue weighted by Crippen LogP contribution is 2.38. The van der Waals surface area contributed by atoms with E-state index < -0.39 is 0 Å². The van der Waals surface area contributed by atoms with Crippen LogP contribution in [0.2, 0.25) is 0 Å². The van der Waals surface area contributed by atoms with Gasteiger partial charge in [0.2, 0.25) is 0 Å². The second-order valence-electron chi connectivity index (χ2n) is 4.71. The van der Waals surface area contributed by atoms with Crippen LogP contribution in [0.1, 0.15) is 32.0 Å². The third-order valence-electron chi connectivity index (χ3n) is 3.79. The number of aryl methyl sites for hydroxylation is 2. The summed E-state index contributed by atoms with van der Waals surface area (Å²) in [6.07, 6.45) is 9.04. The minimum Gasteiger partial charge on any atom is -0.338 e. The second-order valence-corrected chi connectivity index (χ2v) is 5.88. The van der Waals surface area contributed by atoms with E-state index in [2.05, 4.69) is 39.5 Å². The van der Waals surface area contributed by atoms with Crippen molar-refractivity contribution in [1.82, 2.24) is 9.55 Å². The number of halogens is 1. The van der Waals surface area contributed by atoms with Crippen LogP contribution in [0.5, 0.6) is 0 Å².